The van der Waals surface area contributed by atoms with E-state index in [1.54, 1.807) is 18.2 Å². The highest BCUT2D eigenvalue weighted by Crippen LogP contribution is 2.31. The molecule has 0 atom stereocenters. The molecular weight excluding hydrogens is 339 g/mol. The predicted octanol–water partition coefficient (Wildman–Crippen LogP) is 3.74. The fourth-order valence-electron chi connectivity index (χ4n) is 2.00. The number of anilines is 1. The van der Waals surface area contributed by atoms with E-state index in [0.717, 1.165) is 24.3 Å². The van der Waals surface area contributed by atoms with Crippen LogP contribution < -0.4 is 19.5 Å². The molecule has 2 aromatic carbocycles. The monoisotopic (exact) mass is 355 g/mol. The number of nitrogens with one attached hydrogen (secondary N) is 1. The van der Waals surface area contributed by atoms with E-state index in [-0.39, 0.29) is 12.4 Å². The molecule has 134 valence electrons. The lowest BCUT2D eigenvalue weighted by atomic mass is 10.2. The van der Waals surface area contributed by atoms with Gasteiger partial charge in [0, 0.05) is 11.8 Å². The Kier molecular flexibility index (Phi) is 5.74. The Morgan fingerprint density at radius 1 is 1.00 bits per heavy atom. The summed E-state index contributed by atoms with van der Waals surface area (Å²) in [5, 5.41) is 2.59. The van der Waals surface area contributed by atoms with Crippen molar-refractivity contribution < 1.29 is 32.2 Å². The van der Waals surface area contributed by atoms with Crippen molar-refractivity contribution in [3.05, 3.63) is 48.0 Å². The lowest BCUT2D eigenvalue weighted by molar-refractivity contribution is -0.137. The predicted molar refractivity (Wildman–Crippen MR) is 85.1 cm³/mol. The number of alkyl halides is 3. The Balaban J connectivity index is 1.92. The minimum absolute atomic E-state index is 0.162. The van der Waals surface area contributed by atoms with Crippen LogP contribution in [0.25, 0.3) is 0 Å². The van der Waals surface area contributed by atoms with Crippen molar-refractivity contribution in [1.29, 1.82) is 0 Å². The van der Waals surface area contributed by atoms with E-state index in [0.29, 0.717) is 17.2 Å². The molecule has 1 N–H and O–H groups in total. The van der Waals surface area contributed by atoms with Crippen LogP contribution in [-0.4, -0.2) is 26.7 Å². The van der Waals surface area contributed by atoms with Crippen LogP contribution in [0.2, 0.25) is 0 Å². The summed E-state index contributed by atoms with van der Waals surface area (Å²) in [5.74, 6) is 0.660. The number of carbonyl (C=O) groups is 1. The van der Waals surface area contributed by atoms with Gasteiger partial charge in [0.15, 0.2) is 18.1 Å². The third-order valence-corrected chi connectivity index (χ3v) is 3.22. The number of methoxy groups -OCH3 is 2. The molecule has 1 amide bonds. The second-order valence-electron chi connectivity index (χ2n) is 4.93. The molecule has 0 saturated heterocycles. The summed E-state index contributed by atoms with van der Waals surface area (Å²) in [6, 6.07) is 8.93. The zero-order valence-corrected chi connectivity index (χ0v) is 13.5. The summed E-state index contributed by atoms with van der Waals surface area (Å²) < 4.78 is 52.8. The largest absolute Gasteiger partial charge is 0.493 e. The standard InChI is InChI=1S/C17H16F3NO4/c1-23-14-8-5-12(9-15(14)24-2)21-16(22)10-25-13-6-3-11(4-7-13)17(18,19)20/h3-9H,10H2,1-2H3,(H,21,22). The maximum absolute atomic E-state index is 12.5. The topological polar surface area (TPSA) is 56.8 Å². The highest BCUT2D eigenvalue weighted by atomic mass is 19.4. The number of carbonyl (C=O) groups excluding carboxylic acids is 1. The van der Waals surface area contributed by atoms with Crippen molar-refractivity contribution in [2.45, 2.75) is 6.18 Å². The second kappa shape index (κ2) is 7.78. The number of amides is 1. The number of hydrogen-bond donors (Lipinski definition) is 1. The Morgan fingerprint density at radius 2 is 1.64 bits per heavy atom. The smallest absolute Gasteiger partial charge is 0.416 e. The molecule has 0 aromatic heterocycles. The zero-order valence-electron chi connectivity index (χ0n) is 13.5. The average Bonchev–Trinajstić information content (AvgIpc) is 2.59. The van der Waals surface area contributed by atoms with Crippen molar-refractivity contribution in [2.24, 2.45) is 0 Å². The third kappa shape index (κ3) is 5.03. The highest BCUT2D eigenvalue weighted by Gasteiger charge is 2.30. The van der Waals surface area contributed by atoms with Crippen molar-refractivity contribution in [3.63, 3.8) is 0 Å². The number of benzene rings is 2. The summed E-state index contributed by atoms with van der Waals surface area (Å²) in [4.78, 5) is 11.9. The molecule has 0 saturated carbocycles. The minimum atomic E-state index is -4.41. The van der Waals surface area contributed by atoms with Crippen LogP contribution in [0.4, 0.5) is 18.9 Å². The molecule has 0 radical (unpaired) electrons. The van der Waals surface area contributed by atoms with E-state index in [9.17, 15) is 18.0 Å². The van der Waals surface area contributed by atoms with Crippen LogP contribution in [0.15, 0.2) is 42.5 Å². The summed E-state index contributed by atoms with van der Waals surface area (Å²) in [6.07, 6.45) is -4.41. The van der Waals surface area contributed by atoms with Gasteiger partial charge < -0.3 is 19.5 Å². The molecule has 25 heavy (non-hydrogen) atoms. The van der Waals surface area contributed by atoms with Crippen molar-refractivity contribution in [2.75, 3.05) is 26.1 Å². The Bertz CT molecular complexity index is 730. The van der Waals surface area contributed by atoms with Gasteiger partial charge in [-0.2, -0.15) is 13.2 Å². The van der Waals surface area contributed by atoms with E-state index >= 15 is 0 Å². The van der Waals surface area contributed by atoms with Gasteiger partial charge in [-0.25, -0.2) is 0 Å². The lowest BCUT2D eigenvalue weighted by Gasteiger charge is -2.11. The summed E-state index contributed by atoms with van der Waals surface area (Å²) in [5.41, 5.74) is -0.312. The van der Waals surface area contributed by atoms with Gasteiger partial charge in [-0.3, -0.25) is 4.79 Å². The first-order valence-electron chi connectivity index (χ1n) is 7.15. The van der Waals surface area contributed by atoms with E-state index < -0.39 is 17.6 Å². The normalized spacial score (nSPS) is 10.9. The maximum Gasteiger partial charge on any atom is 0.416 e. The number of halogens is 3. The van der Waals surface area contributed by atoms with Crippen LogP contribution >= 0.6 is 0 Å². The molecule has 0 fully saturated rings. The van der Waals surface area contributed by atoms with Gasteiger partial charge in [-0.05, 0) is 36.4 Å². The number of hydrogen-bond acceptors (Lipinski definition) is 4. The average molecular weight is 355 g/mol. The van der Waals surface area contributed by atoms with Gasteiger partial charge in [-0.1, -0.05) is 0 Å². The molecule has 0 unspecified atom stereocenters. The van der Waals surface area contributed by atoms with Crippen LogP contribution in [0.1, 0.15) is 5.56 Å². The Morgan fingerprint density at radius 3 is 2.20 bits per heavy atom. The first-order valence-corrected chi connectivity index (χ1v) is 7.15. The molecule has 0 aliphatic heterocycles. The van der Waals surface area contributed by atoms with Gasteiger partial charge in [0.1, 0.15) is 5.75 Å². The van der Waals surface area contributed by atoms with Crippen LogP contribution in [0, 0.1) is 0 Å². The van der Waals surface area contributed by atoms with E-state index in [1.807, 2.05) is 0 Å². The van der Waals surface area contributed by atoms with Gasteiger partial charge in [0.05, 0.1) is 19.8 Å². The van der Waals surface area contributed by atoms with Crippen molar-refractivity contribution >= 4 is 11.6 Å². The van der Waals surface area contributed by atoms with Gasteiger partial charge in [0.2, 0.25) is 0 Å². The van der Waals surface area contributed by atoms with Crippen LogP contribution in [-0.2, 0) is 11.0 Å². The van der Waals surface area contributed by atoms with E-state index in [1.165, 1.54) is 14.2 Å². The Labute approximate surface area is 142 Å². The highest BCUT2D eigenvalue weighted by molar-refractivity contribution is 5.92. The lowest BCUT2D eigenvalue weighted by Crippen LogP contribution is -2.20. The first-order chi connectivity index (χ1) is 11.8. The molecule has 0 heterocycles. The van der Waals surface area contributed by atoms with Gasteiger partial charge in [0.25, 0.3) is 5.91 Å². The molecular formula is C17H16F3NO4. The summed E-state index contributed by atoms with van der Waals surface area (Å²) in [7, 11) is 2.96. The SMILES string of the molecule is COc1ccc(NC(=O)COc2ccc(C(F)(F)F)cc2)cc1OC. The summed E-state index contributed by atoms with van der Waals surface area (Å²) >= 11 is 0. The fraction of sp³-hybridized carbons (Fsp3) is 0.235. The first kappa shape index (κ1) is 18.4. The molecule has 0 spiro atoms. The Hall–Kier alpha value is -2.90. The van der Waals surface area contributed by atoms with Gasteiger partial charge >= 0.3 is 6.18 Å². The van der Waals surface area contributed by atoms with Crippen molar-refractivity contribution in [1.82, 2.24) is 0 Å². The fourth-order valence-corrected chi connectivity index (χ4v) is 2.00. The third-order valence-electron chi connectivity index (χ3n) is 3.22. The summed E-state index contributed by atoms with van der Waals surface area (Å²) in [6.45, 7) is -0.348. The maximum atomic E-state index is 12.5. The minimum Gasteiger partial charge on any atom is -0.493 e. The molecule has 0 bridgehead atoms. The second-order valence-corrected chi connectivity index (χ2v) is 4.93. The van der Waals surface area contributed by atoms with Gasteiger partial charge in [-0.15, -0.1) is 0 Å². The quantitative estimate of drug-likeness (QED) is 0.858. The molecule has 2 aromatic rings. The van der Waals surface area contributed by atoms with Crippen LogP contribution in [0.5, 0.6) is 17.2 Å². The van der Waals surface area contributed by atoms with E-state index in [2.05, 4.69) is 5.32 Å². The number of rotatable bonds is 6. The van der Waals surface area contributed by atoms with Crippen LogP contribution in [0.3, 0.4) is 0 Å². The van der Waals surface area contributed by atoms with E-state index in [4.69, 9.17) is 14.2 Å². The molecule has 0 aliphatic carbocycles. The molecule has 5 nitrogen and oxygen atoms in total. The molecule has 0 aliphatic rings. The zero-order chi connectivity index (χ0) is 18.4. The number of ether oxygens (including phenoxy) is 3. The molecule has 8 heteroatoms. The van der Waals surface area contributed by atoms with Crippen molar-refractivity contribution in [3.8, 4) is 17.2 Å². The molecule has 2 rings (SSSR count).